The molecule has 1 aromatic carbocycles. The molecule has 1 heterocycles. The largest absolute Gasteiger partial charge is 0.450 e. The van der Waals surface area contributed by atoms with Gasteiger partial charge in [0.15, 0.2) is 0 Å². The molecule has 1 N–H and O–H groups in total. The Morgan fingerprint density at radius 2 is 2.00 bits per heavy atom. The minimum atomic E-state index is -4.46. The van der Waals surface area contributed by atoms with Gasteiger partial charge in [-0.05, 0) is 23.8 Å². The van der Waals surface area contributed by atoms with Gasteiger partial charge in [-0.15, -0.1) is 0 Å². The summed E-state index contributed by atoms with van der Waals surface area (Å²) in [4.78, 5) is 6.80. The molecule has 0 saturated heterocycles. The van der Waals surface area contributed by atoms with Gasteiger partial charge in [0, 0.05) is 12.3 Å². The fraction of sp³-hybridized carbons (Fsp3) is 0.143. The maximum absolute atomic E-state index is 12.4. The fourth-order valence-electron chi connectivity index (χ4n) is 1.56. The van der Waals surface area contributed by atoms with Crippen LogP contribution >= 0.6 is 0 Å². The van der Waals surface area contributed by atoms with Gasteiger partial charge in [-0.25, -0.2) is 9.83 Å². The molecule has 0 spiro atoms. The minimum Gasteiger partial charge on any atom is -0.450 e. The second-order valence-electron chi connectivity index (χ2n) is 4.06. The van der Waals surface area contributed by atoms with Crippen LogP contribution in [-0.4, -0.2) is 10.1 Å². The third kappa shape index (κ3) is 3.49. The molecule has 0 aliphatic heterocycles. The molecule has 0 unspecified atom stereocenters. The van der Waals surface area contributed by atoms with Crippen LogP contribution in [0.5, 0.6) is 11.6 Å². The predicted octanol–water partition coefficient (Wildman–Crippen LogP) is 3.94. The summed E-state index contributed by atoms with van der Waals surface area (Å²) in [6.07, 6.45) is -3.80. The molecule has 4 nitrogen and oxygen atoms in total. The molecule has 2 rings (SSSR count). The van der Waals surface area contributed by atoms with Crippen LogP contribution in [0, 0.1) is 6.57 Å². The zero-order valence-corrected chi connectivity index (χ0v) is 10.6. The number of aliphatic hydroxyl groups is 1. The van der Waals surface area contributed by atoms with E-state index in [0.29, 0.717) is 11.8 Å². The molecule has 0 aliphatic carbocycles. The lowest BCUT2D eigenvalue weighted by Gasteiger charge is -2.09. The summed E-state index contributed by atoms with van der Waals surface area (Å²) in [6, 6.07) is 6.37. The van der Waals surface area contributed by atoms with E-state index in [9.17, 15) is 13.2 Å². The summed E-state index contributed by atoms with van der Waals surface area (Å²) in [5.74, 6) is 0.110. The molecule has 0 aliphatic rings. The van der Waals surface area contributed by atoms with Crippen LogP contribution in [0.15, 0.2) is 36.5 Å². The van der Waals surface area contributed by atoms with Crippen molar-refractivity contribution in [3.8, 4) is 11.6 Å². The van der Waals surface area contributed by atoms with Crippen molar-refractivity contribution in [1.82, 2.24) is 4.98 Å². The molecule has 0 radical (unpaired) electrons. The van der Waals surface area contributed by atoms with Crippen molar-refractivity contribution in [2.45, 2.75) is 12.8 Å². The average Bonchev–Trinajstić information content (AvgIpc) is 2.47. The standard InChI is InChI=1S/C14H9F3N2O2/c1-18-11-6-9(8-20)2-4-12(11)21-13-5-3-10(7-19-13)14(15,16)17/h2-7,20H,8H2. The lowest BCUT2D eigenvalue weighted by molar-refractivity contribution is -0.137. The van der Waals surface area contributed by atoms with Crippen LogP contribution in [0.25, 0.3) is 4.85 Å². The lowest BCUT2D eigenvalue weighted by Crippen LogP contribution is -2.05. The Balaban J connectivity index is 2.25. The van der Waals surface area contributed by atoms with Crippen molar-refractivity contribution in [1.29, 1.82) is 0 Å². The first-order chi connectivity index (χ1) is 9.94. The van der Waals surface area contributed by atoms with E-state index >= 15 is 0 Å². The van der Waals surface area contributed by atoms with Crippen LogP contribution in [-0.2, 0) is 12.8 Å². The molecule has 0 bridgehead atoms. The summed E-state index contributed by atoms with van der Waals surface area (Å²) in [5, 5.41) is 8.98. The monoisotopic (exact) mass is 294 g/mol. The van der Waals surface area contributed by atoms with E-state index in [1.54, 1.807) is 6.07 Å². The summed E-state index contributed by atoms with van der Waals surface area (Å²) in [7, 11) is 0. The highest BCUT2D eigenvalue weighted by Crippen LogP contribution is 2.33. The molecular weight excluding hydrogens is 285 g/mol. The van der Waals surface area contributed by atoms with E-state index in [1.165, 1.54) is 12.1 Å². The van der Waals surface area contributed by atoms with Gasteiger partial charge in [0.25, 0.3) is 0 Å². The van der Waals surface area contributed by atoms with E-state index in [-0.39, 0.29) is 23.9 Å². The Morgan fingerprint density at radius 1 is 1.24 bits per heavy atom. The lowest BCUT2D eigenvalue weighted by atomic mass is 10.2. The molecular formula is C14H9F3N2O2. The van der Waals surface area contributed by atoms with Crippen molar-refractivity contribution < 1.29 is 23.0 Å². The number of alkyl halides is 3. The first kappa shape index (κ1) is 14.8. The number of benzene rings is 1. The number of aromatic nitrogens is 1. The van der Waals surface area contributed by atoms with Crippen molar-refractivity contribution in [3.05, 3.63) is 59.1 Å². The summed E-state index contributed by atoms with van der Waals surface area (Å²) in [5.41, 5.74) is -0.201. The van der Waals surface area contributed by atoms with Gasteiger partial charge in [0.2, 0.25) is 11.6 Å². The second kappa shape index (κ2) is 5.81. The SMILES string of the molecule is [C-]#[N+]c1cc(CO)ccc1Oc1ccc(C(F)(F)F)cn1. The number of aliphatic hydroxyl groups excluding tert-OH is 1. The Bertz CT molecular complexity index is 676. The van der Waals surface area contributed by atoms with Gasteiger partial charge in [0.1, 0.15) is 5.75 Å². The van der Waals surface area contributed by atoms with Gasteiger partial charge in [-0.2, -0.15) is 13.2 Å². The molecule has 1 aromatic heterocycles. The van der Waals surface area contributed by atoms with Gasteiger partial charge in [0.05, 0.1) is 18.7 Å². The Kier molecular flexibility index (Phi) is 4.10. The number of hydrogen-bond acceptors (Lipinski definition) is 3. The molecule has 0 fully saturated rings. The Hall–Kier alpha value is -2.59. The third-order valence-electron chi connectivity index (χ3n) is 2.60. The number of rotatable bonds is 3. The van der Waals surface area contributed by atoms with E-state index < -0.39 is 11.7 Å². The Labute approximate surface area is 118 Å². The fourth-order valence-corrected chi connectivity index (χ4v) is 1.56. The summed E-state index contributed by atoms with van der Waals surface area (Å²) in [6.45, 7) is 6.81. The third-order valence-corrected chi connectivity index (χ3v) is 2.60. The van der Waals surface area contributed by atoms with Crippen LogP contribution < -0.4 is 4.74 Å². The average molecular weight is 294 g/mol. The quantitative estimate of drug-likeness (QED) is 0.872. The molecule has 21 heavy (non-hydrogen) atoms. The summed E-state index contributed by atoms with van der Waals surface area (Å²) >= 11 is 0. The number of pyridine rings is 1. The van der Waals surface area contributed by atoms with Crippen LogP contribution in [0.4, 0.5) is 18.9 Å². The Morgan fingerprint density at radius 3 is 2.52 bits per heavy atom. The molecule has 0 atom stereocenters. The van der Waals surface area contributed by atoms with Gasteiger partial charge < -0.3 is 9.84 Å². The van der Waals surface area contributed by atoms with Crippen LogP contribution in [0.3, 0.4) is 0 Å². The normalized spacial score (nSPS) is 11.0. The smallest absolute Gasteiger partial charge is 0.417 e. The van der Waals surface area contributed by atoms with Gasteiger partial charge >= 0.3 is 6.18 Å². The topological polar surface area (TPSA) is 46.7 Å². The highest BCUT2D eigenvalue weighted by molar-refractivity contribution is 5.59. The van der Waals surface area contributed by atoms with Crippen molar-refractivity contribution in [2.75, 3.05) is 0 Å². The second-order valence-corrected chi connectivity index (χ2v) is 4.06. The first-order valence-corrected chi connectivity index (χ1v) is 5.76. The molecule has 108 valence electrons. The zero-order valence-electron chi connectivity index (χ0n) is 10.6. The number of halogens is 3. The van der Waals surface area contributed by atoms with Crippen LogP contribution in [0.1, 0.15) is 11.1 Å². The number of ether oxygens (including phenoxy) is 1. The van der Waals surface area contributed by atoms with Crippen molar-refractivity contribution in [2.24, 2.45) is 0 Å². The number of hydrogen-bond donors (Lipinski definition) is 1. The molecule has 0 amide bonds. The molecule has 0 saturated carbocycles. The van der Waals surface area contributed by atoms with Crippen molar-refractivity contribution in [3.63, 3.8) is 0 Å². The van der Waals surface area contributed by atoms with E-state index in [0.717, 1.165) is 12.1 Å². The van der Waals surface area contributed by atoms with E-state index in [4.69, 9.17) is 16.4 Å². The van der Waals surface area contributed by atoms with E-state index in [2.05, 4.69) is 9.83 Å². The molecule has 7 heteroatoms. The zero-order chi connectivity index (χ0) is 15.5. The highest BCUT2D eigenvalue weighted by atomic mass is 19.4. The minimum absolute atomic E-state index is 0.0513. The maximum Gasteiger partial charge on any atom is 0.417 e. The van der Waals surface area contributed by atoms with Gasteiger partial charge in [-0.3, -0.25) is 0 Å². The predicted molar refractivity (Wildman–Crippen MR) is 67.9 cm³/mol. The van der Waals surface area contributed by atoms with Crippen molar-refractivity contribution >= 4 is 5.69 Å². The maximum atomic E-state index is 12.4. The number of nitrogens with zero attached hydrogens (tertiary/aromatic N) is 2. The van der Waals surface area contributed by atoms with Gasteiger partial charge in [-0.1, -0.05) is 6.07 Å². The van der Waals surface area contributed by atoms with Crippen LogP contribution in [0.2, 0.25) is 0 Å². The highest BCUT2D eigenvalue weighted by Gasteiger charge is 2.30. The molecule has 2 aromatic rings. The first-order valence-electron chi connectivity index (χ1n) is 5.76. The van der Waals surface area contributed by atoms with E-state index in [1.807, 2.05) is 0 Å². The summed E-state index contributed by atoms with van der Waals surface area (Å²) < 4.78 is 42.5.